The van der Waals surface area contributed by atoms with Crippen LogP contribution < -0.4 is 0 Å². The Morgan fingerprint density at radius 2 is 2.00 bits per heavy atom. The molecule has 2 aliphatic heterocycles. The van der Waals surface area contributed by atoms with E-state index in [2.05, 4.69) is 0 Å². The van der Waals surface area contributed by atoms with Gasteiger partial charge in [0.05, 0.1) is 17.2 Å². The molecule has 5 nitrogen and oxygen atoms in total. The van der Waals surface area contributed by atoms with Crippen molar-refractivity contribution in [2.24, 2.45) is 0 Å². The molecular formula is C14H13F3N2O3. The number of hydrogen-bond acceptors (Lipinski definition) is 2. The molecule has 8 heteroatoms. The molecule has 2 atom stereocenters. The average molecular weight is 314 g/mol. The Balaban J connectivity index is 2.14. The third-order valence-corrected chi connectivity index (χ3v) is 4.39. The summed E-state index contributed by atoms with van der Waals surface area (Å²) >= 11 is 0. The molecule has 118 valence electrons. The summed E-state index contributed by atoms with van der Waals surface area (Å²) in [6, 6.07) is 3.20. The summed E-state index contributed by atoms with van der Waals surface area (Å²) in [6.07, 6.45) is -5.76. The summed E-state index contributed by atoms with van der Waals surface area (Å²) in [5.41, 5.74) is -1.04. The van der Waals surface area contributed by atoms with Gasteiger partial charge >= 0.3 is 12.3 Å². The van der Waals surface area contributed by atoms with Gasteiger partial charge in [0.25, 0.3) is 5.91 Å². The fourth-order valence-electron chi connectivity index (χ4n) is 3.32. The molecule has 2 aliphatic rings. The van der Waals surface area contributed by atoms with Crippen molar-refractivity contribution in [2.45, 2.75) is 18.1 Å². The number of hydrogen-bond donors (Lipinski definition) is 1. The molecule has 2 unspecified atom stereocenters. The first kappa shape index (κ1) is 14.7. The maximum atomic E-state index is 13.1. The Morgan fingerprint density at radius 3 is 2.59 bits per heavy atom. The number of nitrogens with zero attached hydrogens (tertiary/aromatic N) is 2. The predicted molar refractivity (Wildman–Crippen MR) is 69.7 cm³/mol. The molecule has 22 heavy (non-hydrogen) atoms. The standard InChI is InChI=1S/C14H13F3N2O3/c1-18-10-6-19(13(21)22)5-8(10)7-3-2-4-9(14(15,16)17)11(7)12(18)20/h2-4,8,10H,5-6H2,1H3,(H,21,22). The molecule has 1 aromatic carbocycles. The lowest BCUT2D eigenvalue weighted by Crippen LogP contribution is -2.46. The molecule has 0 saturated carbocycles. The number of benzene rings is 1. The van der Waals surface area contributed by atoms with Gasteiger partial charge in [0.2, 0.25) is 0 Å². The number of carboxylic acid groups (broad SMARTS) is 1. The summed E-state index contributed by atoms with van der Waals surface area (Å²) in [4.78, 5) is 25.8. The van der Waals surface area contributed by atoms with Gasteiger partial charge in [-0.2, -0.15) is 13.2 Å². The smallest absolute Gasteiger partial charge is 0.417 e. The SMILES string of the molecule is CN1C(=O)c2c(cccc2C(F)(F)F)C2CN(C(=O)O)CC21. The molecule has 0 bridgehead atoms. The van der Waals surface area contributed by atoms with E-state index in [1.165, 1.54) is 24.1 Å². The quantitative estimate of drug-likeness (QED) is 0.799. The van der Waals surface area contributed by atoms with E-state index in [4.69, 9.17) is 5.11 Å². The number of rotatable bonds is 0. The van der Waals surface area contributed by atoms with Crippen molar-refractivity contribution in [2.75, 3.05) is 20.1 Å². The molecular weight excluding hydrogens is 301 g/mol. The molecule has 0 radical (unpaired) electrons. The molecule has 1 aromatic rings. The number of likely N-dealkylation sites (N-methyl/N-ethyl adjacent to an activating group) is 1. The third-order valence-electron chi connectivity index (χ3n) is 4.39. The Morgan fingerprint density at radius 1 is 1.32 bits per heavy atom. The number of amides is 2. The molecule has 2 heterocycles. The fourth-order valence-corrected chi connectivity index (χ4v) is 3.32. The van der Waals surface area contributed by atoms with Crippen LogP contribution >= 0.6 is 0 Å². The van der Waals surface area contributed by atoms with Crippen molar-refractivity contribution in [3.63, 3.8) is 0 Å². The highest BCUT2D eigenvalue weighted by Gasteiger charge is 2.48. The minimum absolute atomic E-state index is 0.0892. The zero-order valence-electron chi connectivity index (χ0n) is 11.6. The van der Waals surface area contributed by atoms with Crippen LogP contribution in [0.15, 0.2) is 18.2 Å². The van der Waals surface area contributed by atoms with E-state index in [9.17, 15) is 22.8 Å². The first-order valence-electron chi connectivity index (χ1n) is 6.67. The van der Waals surface area contributed by atoms with Crippen LogP contribution in [-0.4, -0.2) is 53.1 Å². The molecule has 2 amide bonds. The lowest BCUT2D eigenvalue weighted by molar-refractivity contribution is -0.138. The minimum Gasteiger partial charge on any atom is -0.465 e. The average Bonchev–Trinajstić information content (AvgIpc) is 2.88. The Hall–Kier alpha value is -2.25. The summed E-state index contributed by atoms with van der Waals surface area (Å²) in [5.74, 6) is -1.15. The van der Waals surface area contributed by atoms with Gasteiger partial charge in [0.1, 0.15) is 0 Å². The topological polar surface area (TPSA) is 60.9 Å². The summed E-state index contributed by atoms with van der Waals surface area (Å²) in [7, 11) is 1.42. The Bertz CT molecular complexity index is 659. The van der Waals surface area contributed by atoms with Crippen LogP contribution in [-0.2, 0) is 6.18 Å². The van der Waals surface area contributed by atoms with Crippen LogP contribution in [0.2, 0.25) is 0 Å². The van der Waals surface area contributed by atoms with Crippen LogP contribution in [0, 0.1) is 0 Å². The van der Waals surface area contributed by atoms with Gasteiger partial charge in [-0.1, -0.05) is 12.1 Å². The number of alkyl halides is 3. The minimum atomic E-state index is -4.63. The van der Waals surface area contributed by atoms with E-state index in [0.29, 0.717) is 0 Å². The molecule has 3 rings (SSSR count). The van der Waals surface area contributed by atoms with Crippen LogP contribution in [0.5, 0.6) is 0 Å². The summed E-state index contributed by atoms with van der Waals surface area (Å²) in [5, 5.41) is 9.09. The monoisotopic (exact) mass is 314 g/mol. The first-order chi connectivity index (χ1) is 10.2. The van der Waals surface area contributed by atoms with Crippen LogP contribution in [0.1, 0.15) is 27.4 Å². The van der Waals surface area contributed by atoms with Gasteiger partial charge in [0.15, 0.2) is 0 Å². The second-order valence-electron chi connectivity index (χ2n) is 5.55. The molecule has 1 N–H and O–H groups in total. The lowest BCUT2D eigenvalue weighted by atomic mass is 9.83. The van der Waals surface area contributed by atoms with Gasteiger partial charge in [0, 0.05) is 26.1 Å². The zero-order chi connectivity index (χ0) is 16.2. The maximum absolute atomic E-state index is 13.1. The van der Waals surface area contributed by atoms with E-state index < -0.39 is 35.7 Å². The number of carbonyl (C=O) groups excluding carboxylic acids is 1. The number of likely N-dealkylation sites (tertiary alicyclic amines) is 1. The summed E-state index contributed by atoms with van der Waals surface area (Å²) in [6.45, 7) is 0.198. The number of fused-ring (bicyclic) bond motifs is 3. The van der Waals surface area contributed by atoms with Gasteiger partial charge in [-0.05, 0) is 11.6 Å². The largest absolute Gasteiger partial charge is 0.465 e. The highest BCUT2D eigenvalue weighted by atomic mass is 19.4. The van der Waals surface area contributed by atoms with Crippen molar-refractivity contribution < 1.29 is 27.9 Å². The molecule has 0 aliphatic carbocycles. The van der Waals surface area contributed by atoms with E-state index >= 15 is 0 Å². The second kappa shape index (κ2) is 4.62. The van der Waals surface area contributed by atoms with Crippen molar-refractivity contribution in [1.82, 2.24) is 9.80 Å². The second-order valence-corrected chi connectivity index (χ2v) is 5.55. The zero-order valence-corrected chi connectivity index (χ0v) is 11.6. The van der Waals surface area contributed by atoms with Crippen molar-refractivity contribution in [1.29, 1.82) is 0 Å². The van der Waals surface area contributed by atoms with Gasteiger partial charge in [-0.3, -0.25) is 4.79 Å². The van der Waals surface area contributed by atoms with Gasteiger partial charge < -0.3 is 14.9 Å². The molecule has 0 spiro atoms. The fraction of sp³-hybridized carbons (Fsp3) is 0.429. The maximum Gasteiger partial charge on any atom is 0.417 e. The van der Waals surface area contributed by atoms with Crippen molar-refractivity contribution in [3.05, 3.63) is 34.9 Å². The van der Waals surface area contributed by atoms with Crippen molar-refractivity contribution >= 4 is 12.0 Å². The number of halogens is 3. The van der Waals surface area contributed by atoms with Crippen molar-refractivity contribution in [3.8, 4) is 0 Å². The van der Waals surface area contributed by atoms with Gasteiger partial charge in [-0.25, -0.2) is 4.79 Å². The Kier molecular flexibility index (Phi) is 3.08. The highest BCUT2D eigenvalue weighted by molar-refractivity contribution is 5.99. The van der Waals surface area contributed by atoms with Crippen LogP contribution in [0.4, 0.5) is 18.0 Å². The van der Waals surface area contributed by atoms with Gasteiger partial charge in [-0.15, -0.1) is 0 Å². The molecule has 1 saturated heterocycles. The van der Waals surface area contributed by atoms with E-state index in [1.807, 2.05) is 0 Å². The summed E-state index contributed by atoms with van der Waals surface area (Å²) < 4.78 is 39.4. The predicted octanol–water partition coefficient (Wildman–Crippen LogP) is 2.24. The molecule has 1 fully saturated rings. The lowest BCUT2D eigenvalue weighted by Gasteiger charge is -2.36. The van der Waals surface area contributed by atoms with E-state index in [0.717, 1.165) is 11.0 Å². The first-order valence-corrected chi connectivity index (χ1v) is 6.67. The molecule has 0 aromatic heterocycles. The number of carbonyl (C=O) groups is 2. The van der Waals surface area contributed by atoms with E-state index in [1.54, 1.807) is 0 Å². The third kappa shape index (κ3) is 2.01. The highest BCUT2D eigenvalue weighted by Crippen LogP contribution is 2.42. The van der Waals surface area contributed by atoms with Crippen LogP contribution in [0.25, 0.3) is 0 Å². The van der Waals surface area contributed by atoms with E-state index in [-0.39, 0.29) is 24.2 Å². The van der Waals surface area contributed by atoms with Crippen LogP contribution in [0.3, 0.4) is 0 Å². The Labute approximate surface area is 123 Å². The normalized spacial score (nSPS) is 24.3.